The Balaban J connectivity index is 0.928. The third-order valence-electron chi connectivity index (χ3n) is 20.1. The van der Waals surface area contributed by atoms with Gasteiger partial charge in [0, 0.05) is 42.2 Å². The molecule has 7 aromatic carbocycles. The summed E-state index contributed by atoms with van der Waals surface area (Å²) in [6, 6.07) is 5.00. The largest absolute Gasteiger partial charge is 0.508 e. The molecule has 1 aromatic heterocycles. The Hall–Kier alpha value is -12.0. The van der Waals surface area contributed by atoms with E-state index in [1.54, 1.807) is 0 Å². The molecule has 622 valence electrons. The molecule has 0 spiro atoms. The summed E-state index contributed by atoms with van der Waals surface area (Å²) in [5, 5.41) is 154. The molecule has 119 heavy (non-hydrogen) atoms. The number of benzene rings is 7. The molecule has 8 aromatic rings. The van der Waals surface area contributed by atoms with Crippen LogP contribution in [0.2, 0.25) is 10.0 Å². The molecule has 18 N–H and O–H groups in total. The number of aliphatic hydroxyl groups excluding tert-OH is 4. The number of aliphatic carboxylic acids is 1. The lowest BCUT2D eigenvalue weighted by atomic mass is 9.89. The fourth-order valence-corrected chi connectivity index (χ4v) is 17.0. The monoisotopic (exact) mass is 1710 g/mol. The zero-order chi connectivity index (χ0) is 84.9. The van der Waals surface area contributed by atoms with E-state index in [1.807, 2.05) is 13.8 Å². The number of phenols is 6. The van der Waals surface area contributed by atoms with Gasteiger partial charge in [-0.25, -0.2) is 9.48 Å². The van der Waals surface area contributed by atoms with Crippen molar-refractivity contribution in [3.05, 3.63) is 186 Å². The van der Waals surface area contributed by atoms with Gasteiger partial charge in [0.1, 0.15) is 107 Å². The summed E-state index contributed by atoms with van der Waals surface area (Å²) >= 11 is 16.8. The first-order chi connectivity index (χ1) is 56.9. The molecule has 0 saturated carbocycles. The van der Waals surface area contributed by atoms with Crippen LogP contribution in [0.15, 0.2) is 131 Å². The first-order valence-corrected chi connectivity index (χ1v) is 39.6. The van der Waals surface area contributed by atoms with Crippen LogP contribution in [0.4, 0.5) is 0 Å². The average molecular weight is 1710 g/mol. The van der Waals surface area contributed by atoms with E-state index in [2.05, 4.69) is 47.5 Å². The number of imide groups is 1. The van der Waals surface area contributed by atoms with Gasteiger partial charge in [-0.2, -0.15) is 0 Å². The molecule has 1 saturated heterocycles. The molecule has 8 amide bonds. The number of fused-ring (bicyclic) bond motifs is 14. The smallest absolute Gasteiger partial charge is 0.330 e. The summed E-state index contributed by atoms with van der Waals surface area (Å²) in [4.78, 5) is 136. The molecule has 9 heterocycles. The molecule has 0 aliphatic carbocycles. The molecule has 17 bridgehead atoms. The molecule has 2 unspecified atom stereocenters. The molecular formula is C79H75Cl2N11O25S2. The van der Waals surface area contributed by atoms with Crippen LogP contribution >= 0.6 is 46.7 Å². The number of ether oxygens (including phenoxy) is 5. The van der Waals surface area contributed by atoms with Crippen molar-refractivity contribution < 1.29 is 123 Å². The Morgan fingerprint density at radius 3 is 1.92 bits per heavy atom. The van der Waals surface area contributed by atoms with E-state index in [1.165, 1.54) is 78.3 Å². The van der Waals surface area contributed by atoms with Crippen molar-refractivity contribution >= 4 is 100.0 Å². The predicted octanol–water partition coefficient (Wildman–Crippen LogP) is 5.29. The summed E-state index contributed by atoms with van der Waals surface area (Å²) in [7, 11) is 0. The van der Waals surface area contributed by atoms with E-state index in [-0.39, 0.29) is 76.9 Å². The highest BCUT2D eigenvalue weighted by atomic mass is 35.5. The third kappa shape index (κ3) is 17.1. The maximum Gasteiger partial charge on any atom is 0.330 e. The Morgan fingerprint density at radius 1 is 0.613 bits per heavy atom. The standard InChI is InChI=1S/C79H75Cl2N11O25S2/c1-4-14-118-68-69(119-15-5-2)77(110)91(76(68)109)28-38-29-92(90-89-38)63-34-8-11-48(98)52(22-34)113-41-19-36(18-39(95)25-41)58-72(105)86-59-37-23-53(114-50-12-6-32(16-44(50)80)17-46(70(103)84-58)83-75(63)108)64(100)54(24-37)115-51-13-9-35(21-45(51)81)67(117-79-61(82-31(3)94)66(102)65(101)55(30-93)116-79)62-74(107)87-60(78(111)112)43-26-40(96)27-49(99)56(43)42-20-33(7-10-47(42)97)57(71(104)88-62)85-73(59)106/h6-13,16,18-27,29,46,55,57-63,65-67,73,79,85,93,95-102,106H,4-5,14-15,17,28,30H2,1-3H3,(H,82,94)(H,83,108)(H,84,103)(H,86,105)(H,87,107)(H,88,104)(H,111,112)/t46-,55-,57-,58+,59-,60-,61-,62-,63?,65-,66-,67-,73?,79+/m1/s1. The van der Waals surface area contributed by atoms with Gasteiger partial charge in [0.05, 0.1) is 45.2 Å². The predicted molar refractivity (Wildman–Crippen MR) is 419 cm³/mol. The maximum atomic E-state index is 16.2. The first kappa shape index (κ1) is 83.5. The minimum atomic E-state index is -2.50. The zero-order valence-electron chi connectivity index (χ0n) is 62.6. The van der Waals surface area contributed by atoms with Gasteiger partial charge >= 0.3 is 5.97 Å². The summed E-state index contributed by atoms with van der Waals surface area (Å²) in [6.07, 6.45) is -10.2. The van der Waals surface area contributed by atoms with Gasteiger partial charge in [0.2, 0.25) is 41.2 Å². The Morgan fingerprint density at radius 2 is 1.25 bits per heavy atom. The number of rotatable bonds is 14. The summed E-state index contributed by atoms with van der Waals surface area (Å²) < 4.78 is 32.8. The number of carboxylic acid groups (broad SMARTS) is 1. The minimum absolute atomic E-state index is 0.0282. The second-order valence-electron chi connectivity index (χ2n) is 28.5. The van der Waals surface area contributed by atoms with Crippen LogP contribution in [0.1, 0.15) is 115 Å². The SMILES string of the molecule is CCCSC1=C(SCCC)C(=O)N(Cc2cn(C3C(=O)N[C@@H]4Cc5ccc(c(Cl)c5)Oc5cc6cc(c5O)Oc5ccc(cc5Cl)[C@@H](O[C@@H]5O[C@H](CO)[C@@H](O)[C@H](O)[C@H]5NC(C)=O)[C@H]5NC(=O)[C@H](NC(O)[C@@H]6NC(=O)[C@@H](NC4=O)c4cc(O)cc(c4)Oc4cc3ccc4O)c3ccc(O)c(c3)-c3c(O)cc(O)cc3[C@H](C(=O)O)NC5=O)nn2)C1=O. The minimum Gasteiger partial charge on any atom is -0.508 e. The number of phenolic OH excluding ortho intramolecular Hbond substituents is 6. The van der Waals surface area contributed by atoms with Gasteiger partial charge in [0.15, 0.2) is 41.4 Å². The summed E-state index contributed by atoms with van der Waals surface area (Å²) in [5.74, 6) is -16.0. The molecule has 14 atom stereocenters. The van der Waals surface area contributed by atoms with E-state index < -0.39 is 226 Å². The second kappa shape index (κ2) is 34.5. The molecule has 36 nitrogen and oxygen atoms in total. The van der Waals surface area contributed by atoms with Gasteiger partial charge < -0.3 is 112 Å². The summed E-state index contributed by atoms with van der Waals surface area (Å²) in [5.41, 5.74) is -2.63. The molecule has 8 aliphatic rings. The molecular weight excluding hydrogens is 1640 g/mol. The molecule has 40 heteroatoms. The molecule has 8 aliphatic heterocycles. The van der Waals surface area contributed by atoms with Crippen molar-refractivity contribution in [3.63, 3.8) is 0 Å². The van der Waals surface area contributed by atoms with Crippen molar-refractivity contribution in [1.29, 1.82) is 0 Å². The summed E-state index contributed by atoms with van der Waals surface area (Å²) in [6.45, 7) is 3.48. The average Bonchev–Trinajstić information content (AvgIpc) is 0.979. The quantitative estimate of drug-likeness (QED) is 0.0615. The van der Waals surface area contributed by atoms with Crippen LogP contribution in [0, 0.1) is 0 Å². The van der Waals surface area contributed by atoms with Gasteiger partial charge in [0.25, 0.3) is 11.8 Å². The van der Waals surface area contributed by atoms with E-state index in [4.69, 9.17) is 46.9 Å². The number of thioether (sulfide) groups is 2. The number of carbonyl (C=O) groups excluding carboxylic acids is 8. The van der Waals surface area contributed by atoms with Crippen molar-refractivity contribution in [2.75, 3.05) is 18.1 Å². The van der Waals surface area contributed by atoms with Crippen molar-refractivity contribution in [2.24, 2.45) is 0 Å². The van der Waals surface area contributed by atoms with Gasteiger partial charge in [-0.1, -0.05) is 66.5 Å². The van der Waals surface area contributed by atoms with E-state index in [0.717, 1.165) is 83.2 Å². The van der Waals surface area contributed by atoms with Crippen LogP contribution < -0.4 is 51.4 Å². The number of hydrogen-bond donors (Lipinski definition) is 18. The number of hydrogen-bond acceptors (Lipinski definition) is 29. The fourth-order valence-electron chi connectivity index (χ4n) is 14.5. The number of carbonyl (C=O) groups is 9. The normalized spacial score (nSPS) is 24.4. The third-order valence-corrected chi connectivity index (χ3v) is 23.4. The van der Waals surface area contributed by atoms with Crippen LogP contribution in [-0.2, 0) is 65.6 Å². The van der Waals surface area contributed by atoms with Crippen molar-refractivity contribution in [2.45, 2.75) is 132 Å². The van der Waals surface area contributed by atoms with E-state index >= 15 is 24.0 Å². The number of aliphatic hydroxyl groups is 4. The van der Waals surface area contributed by atoms with Crippen LogP contribution in [-0.4, -0.2) is 196 Å². The number of aromatic hydroxyl groups is 6. The number of carboxylic acids is 1. The van der Waals surface area contributed by atoms with E-state index in [0.29, 0.717) is 24.3 Å². The lowest BCUT2D eigenvalue weighted by Gasteiger charge is -2.44. The van der Waals surface area contributed by atoms with Gasteiger partial charge in [-0.15, -0.1) is 28.6 Å². The molecule has 1 fully saturated rings. The Kier molecular flexibility index (Phi) is 24.3. The Bertz CT molecular complexity index is 5460. The number of amides is 8. The molecule has 16 rings (SSSR count). The number of nitrogens with zero attached hydrogens (tertiary/aromatic N) is 4. The number of aromatic nitrogens is 3. The number of halogens is 2. The lowest BCUT2D eigenvalue weighted by molar-refractivity contribution is -0.284. The van der Waals surface area contributed by atoms with Crippen molar-refractivity contribution in [3.8, 4) is 80.1 Å². The highest BCUT2D eigenvalue weighted by Crippen LogP contribution is 2.50. The van der Waals surface area contributed by atoms with Gasteiger partial charge in [-0.3, -0.25) is 48.6 Å². The van der Waals surface area contributed by atoms with Gasteiger partial charge in [-0.05, 0) is 137 Å². The zero-order valence-corrected chi connectivity index (χ0v) is 65.7. The van der Waals surface area contributed by atoms with Crippen LogP contribution in [0.3, 0.4) is 0 Å². The highest BCUT2D eigenvalue weighted by molar-refractivity contribution is 8.08. The van der Waals surface area contributed by atoms with Crippen LogP contribution in [0.25, 0.3) is 11.1 Å². The van der Waals surface area contributed by atoms with Crippen molar-refractivity contribution in [1.82, 2.24) is 57.1 Å². The maximum absolute atomic E-state index is 16.2. The van der Waals surface area contributed by atoms with E-state index in [9.17, 15) is 75.3 Å². The fraction of sp³-hybridized carbons (Fsp3) is 0.304. The number of nitrogens with one attached hydrogen (secondary N) is 7. The highest BCUT2D eigenvalue weighted by Gasteiger charge is 2.50. The lowest BCUT2D eigenvalue weighted by Crippen LogP contribution is -2.65. The second-order valence-corrected chi connectivity index (χ2v) is 31.5. The van der Waals surface area contributed by atoms with Crippen LogP contribution in [0.5, 0.6) is 69.0 Å². The molecule has 0 radical (unpaired) electrons. The Labute approximate surface area is 692 Å². The first-order valence-electron chi connectivity index (χ1n) is 36.9. The topological polar surface area (TPSA) is 540 Å².